The highest BCUT2D eigenvalue weighted by atomic mass is 32.1. The molecule has 84 heavy (non-hydrogen) atoms. The summed E-state index contributed by atoms with van der Waals surface area (Å²) in [6, 6.07) is 11.5. The zero-order valence-electron chi connectivity index (χ0n) is 47.3. The van der Waals surface area contributed by atoms with E-state index in [-0.39, 0.29) is 69.1 Å². The van der Waals surface area contributed by atoms with Crippen molar-refractivity contribution in [1.29, 1.82) is 0 Å². The van der Waals surface area contributed by atoms with Gasteiger partial charge in [-0.15, -0.1) is 0 Å². The zero-order chi connectivity index (χ0) is 61.3. The molecule has 1 fully saturated rings. The Bertz CT molecular complexity index is 2820. The molecule has 3 aromatic carbocycles. The van der Waals surface area contributed by atoms with Crippen LogP contribution in [-0.4, -0.2) is 202 Å². The van der Waals surface area contributed by atoms with Crippen LogP contribution < -0.4 is 54.0 Å². The molecule has 27 heteroatoms. The van der Waals surface area contributed by atoms with Crippen molar-refractivity contribution >= 4 is 89.3 Å². The van der Waals surface area contributed by atoms with Gasteiger partial charge in [0.15, 0.2) is 0 Å². The number of aliphatic hydroxyl groups excluding tert-OH is 2. The van der Waals surface area contributed by atoms with E-state index in [1.165, 1.54) is 19.1 Å². The van der Waals surface area contributed by atoms with Crippen LogP contribution in [0.5, 0.6) is 5.75 Å². The lowest BCUT2D eigenvalue weighted by Gasteiger charge is -2.33. The minimum atomic E-state index is -1.62. The molecule has 25 nitrogen and oxygen atoms in total. The highest BCUT2D eigenvalue weighted by Crippen LogP contribution is 2.20. The maximum Gasteiger partial charge on any atom is 0.251 e. The summed E-state index contributed by atoms with van der Waals surface area (Å²) in [6.45, 7) is 5.72. The first-order valence-corrected chi connectivity index (χ1v) is 29.3. The number of hydrogen-bond donors (Lipinski definition) is 16. The first kappa shape index (κ1) is 67.7. The number of carbonyl (C=O) groups excluding carboxylic acids is 9. The normalized spacial score (nSPS) is 16.0. The third-order valence-corrected chi connectivity index (χ3v) is 14.9. The number of phenols is 1. The lowest BCUT2D eigenvalue weighted by atomic mass is 10.0. The number of fused-ring (bicyclic) bond motifs is 1. The van der Waals surface area contributed by atoms with Crippen molar-refractivity contribution in [3.05, 3.63) is 102 Å². The fourth-order valence-electron chi connectivity index (χ4n) is 9.34. The topological polar surface area (TPSA) is 385 Å². The molecule has 9 atom stereocenters. The summed E-state index contributed by atoms with van der Waals surface area (Å²) in [7, 11) is 0. The highest BCUT2D eigenvalue weighted by Gasteiger charge is 2.36. The number of rotatable bonds is 33. The molecule has 4 aromatic rings. The number of benzene rings is 3. The number of phenolic OH excluding ortho intramolecular Hbond substituents is 1. The molecule has 2 heterocycles. The van der Waals surface area contributed by atoms with Gasteiger partial charge in [-0.05, 0) is 80.5 Å². The molecule has 0 aliphatic carbocycles. The summed E-state index contributed by atoms with van der Waals surface area (Å²) in [5, 5.41) is 51.2. The maximum atomic E-state index is 14.8. The Morgan fingerprint density at radius 2 is 1.12 bits per heavy atom. The fraction of sp³-hybridized carbons (Fsp3) is 0.491. The van der Waals surface area contributed by atoms with E-state index in [1.807, 2.05) is 46.2 Å². The molecular formula is C57H81N13O12S2. The zero-order valence-corrected chi connectivity index (χ0v) is 49.0. The Morgan fingerprint density at radius 1 is 0.607 bits per heavy atom. The molecule has 1 aliphatic heterocycles. The molecule has 458 valence electrons. The van der Waals surface area contributed by atoms with Crippen LogP contribution in [0, 0.1) is 0 Å². The molecular weight excluding hydrogens is 1120 g/mol. The number of aromatic hydroxyl groups is 1. The van der Waals surface area contributed by atoms with Gasteiger partial charge in [-0.25, -0.2) is 0 Å². The number of nitrogens with two attached hydrogens (primary N) is 2. The van der Waals surface area contributed by atoms with E-state index in [4.69, 9.17) is 11.5 Å². The number of unbranched alkanes of at least 4 members (excludes halogenated alkanes) is 1. The number of aromatic amines is 1. The third kappa shape index (κ3) is 21.2. The van der Waals surface area contributed by atoms with E-state index >= 15 is 0 Å². The Balaban J connectivity index is 1.31. The van der Waals surface area contributed by atoms with Crippen molar-refractivity contribution in [2.24, 2.45) is 11.5 Å². The van der Waals surface area contributed by atoms with Crippen LogP contribution in [0.25, 0.3) is 10.9 Å². The lowest BCUT2D eigenvalue weighted by molar-refractivity contribution is -0.137. The average Bonchev–Trinajstić information content (AvgIpc) is 4.07. The van der Waals surface area contributed by atoms with Gasteiger partial charge in [-0.1, -0.05) is 67.6 Å². The number of β-amino-alcohol motifs (C(OH)–C–C–N with tert-alkyl or cyclic N) is 1. The number of imide groups is 1. The molecule has 1 aliphatic rings. The fourth-order valence-corrected chi connectivity index (χ4v) is 9.85. The number of para-hydroxylation sites is 1. The van der Waals surface area contributed by atoms with Gasteiger partial charge in [-0.2, -0.15) is 25.3 Å². The smallest absolute Gasteiger partial charge is 0.251 e. The van der Waals surface area contributed by atoms with Crippen LogP contribution in [0.1, 0.15) is 56.2 Å². The van der Waals surface area contributed by atoms with Crippen molar-refractivity contribution < 1.29 is 58.5 Å². The second-order valence-electron chi connectivity index (χ2n) is 20.6. The molecule has 0 spiro atoms. The SMILES string of the molecule is CC[C@H](NC(=O)[C@H](CCCCN)NC(=O)[C@@H](Cc1c[nH]c2ccccc12)NC(=O)[C@H](Cc1ccc(O)cc1)NC(=O)[C@H](CS)NC(=O)[C@H](N)Cc1ccccc1)C(=O)N[C@@H](CS)C(=O)N[C@H](C(=O)NC(=O)CN1CCN(CCO)CC1)[C@@H](C)O. The number of piperazine rings is 1. The van der Waals surface area contributed by atoms with Crippen LogP contribution in [0.2, 0.25) is 0 Å². The molecule has 0 saturated carbocycles. The lowest BCUT2D eigenvalue weighted by Crippen LogP contribution is -2.61. The van der Waals surface area contributed by atoms with Crippen molar-refractivity contribution in [3.8, 4) is 5.75 Å². The monoisotopic (exact) mass is 1200 g/mol. The summed E-state index contributed by atoms with van der Waals surface area (Å²) < 4.78 is 0. The highest BCUT2D eigenvalue weighted by molar-refractivity contribution is 7.80. The van der Waals surface area contributed by atoms with Gasteiger partial charge in [0, 0.05) is 74.2 Å². The van der Waals surface area contributed by atoms with Crippen LogP contribution >= 0.6 is 25.3 Å². The molecule has 1 saturated heterocycles. The van der Waals surface area contributed by atoms with Crippen molar-refractivity contribution in [2.45, 2.75) is 113 Å². The summed E-state index contributed by atoms with van der Waals surface area (Å²) in [5.41, 5.74) is 14.7. The van der Waals surface area contributed by atoms with Gasteiger partial charge < -0.3 is 69.0 Å². The quantitative estimate of drug-likeness (QED) is 0.0176. The Hall–Kier alpha value is -7.11. The predicted octanol–water partition coefficient (Wildman–Crippen LogP) is -2.35. The number of thiol groups is 2. The van der Waals surface area contributed by atoms with Gasteiger partial charge in [0.25, 0.3) is 5.91 Å². The van der Waals surface area contributed by atoms with E-state index in [2.05, 4.69) is 72.8 Å². The van der Waals surface area contributed by atoms with Gasteiger partial charge in [0.05, 0.1) is 25.3 Å². The van der Waals surface area contributed by atoms with Crippen molar-refractivity contribution in [2.75, 3.05) is 63.9 Å². The summed E-state index contributed by atoms with van der Waals surface area (Å²) in [6.07, 6.45) is 0.900. The van der Waals surface area contributed by atoms with E-state index in [0.29, 0.717) is 56.7 Å². The van der Waals surface area contributed by atoms with Gasteiger partial charge in [0.1, 0.15) is 48.0 Å². The molecule has 0 radical (unpaired) electrons. The second-order valence-corrected chi connectivity index (χ2v) is 21.4. The minimum Gasteiger partial charge on any atom is -0.508 e. The van der Waals surface area contributed by atoms with Gasteiger partial charge in [-0.3, -0.25) is 58.3 Å². The summed E-state index contributed by atoms with van der Waals surface area (Å²) in [4.78, 5) is 132. The summed E-state index contributed by atoms with van der Waals surface area (Å²) >= 11 is 8.56. The van der Waals surface area contributed by atoms with E-state index in [9.17, 15) is 58.5 Å². The molecule has 0 bridgehead atoms. The molecule has 16 N–H and O–H groups in total. The number of H-pyrrole nitrogens is 1. The average molecular weight is 1200 g/mol. The number of nitrogens with zero attached hydrogens (tertiary/aromatic N) is 2. The first-order chi connectivity index (χ1) is 40.3. The van der Waals surface area contributed by atoms with E-state index in [0.717, 1.165) is 16.5 Å². The molecule has 5 rings (SSSR count). The standard InChI is InChI=1S/C57H81N13O12S2/c1-3-41(51(76)66-47(33-84)56(81)68-49(34(2)72)57(82)67-48(74)31-70-23-21-69(22-24-70)25-26-71)61-52(77)43(15-9-10-20-58)62-54(79)45(29-37-30-60-42-14-8-7-13-39(37)42)64-53(78)44(28-36-16-18-38(73)19-17-36)63-55(80)46(32-83)65-50(75)40(59)27-35-11-5-4-6-12-35/h4-8,11-14,16-19,30,34,40-41,43-47,49,60,71-73,83-84H,3,9-10,15,20-29,31-33,58-59H2,1-2H3,(H,61,77)(H,62,79)(H,63,80)(H,64,78)(H,65,75)(H,66,76)(H,68,81)(H,67,74,82)/t34-,40-,41+,43+,44+,45-,46+,47+,49+/m1/s1. The van der Waals surface area contributed by atoms with Crippen molar-refractivity contribution in [3.63, 3.8) is 0 Å². The maximum absolute atomic E-state index is 14.8. The number of aliphatic hydroxyl groups is 2. The van der Waals surface area contributed by atoms with Crippen LogP contribution in [0.15, 0.2) is 85.1 Å². The van der Waals surface area contributed by atoms with Gasteiger partial charge in [0.2, 0.25) is 47.3 Å². The summed E-state index contributed by atoms with van der Waals surface area (Å²) in [5.74, 6) is -7.81. The van der Waals surface area contributed by atoms with E-state index < -0.39 is 108 Å². The van der Waals surface area contributed by atoms with Crippen LogP contribution in [0.4, 0.5) is 0 Å². The number of nitrogens with one attached hydrogen (secondary N) is 9. The number of aromatic nitrogens is 1. The van der Waals surface area contributed by atoms with E-state index in [1.54, 1.807) is 43.5 Å². The Morgan fingerprint density at radius 3 is 1.73 bits per heavy atom. The molecule has 9 amide bonds. The number of amides is 9. The van der Waals surface area contributed by atoms with Crippen LogP contribution in [-0.2, 0) is 62.4 Å². The Labute approximate surface area is 499 Å². The van der Waals surface area contributed by atoms with Gasteiger partial charge >= 0.3 is 0 Å². The minimum absolute atomic E-state index is 0.00517. The second kappa shape index (κ2) is 34.6. The molecule has 0 unspecified atom stereocenters. The third-order valence-electron chi connectivity index (χ3n) is 14.2. The first-order valence-electron chi connectivity index (χ1n) is 28.0. The predicted molar refractivity (Wildman–Crippen MR) is 321 cm³/mol. The molecule has 1 aromatic heterocycles. The number of carbonyl (C=O) groups is 9. The Kier molecular flexibility index (Phi) is 27.9. The number of hydrogen-bond acceptors (Lipinski definition) is 18. The van der Waals surface area contributed by atoms with Crippen LogP contribution in [0.3, 0.4) is 0 Å². The largest absolute Gasteiger partial charge is 0.508 e. The van der Waals surface area contributed by atoms with Crippen molar-refractivity contribution in [1.82, 2.24) is 57.3 Å².